The highest BCUT2D eigenvalue weighted by molar-refractivity contribution is 5.37. The van der Waals surface area contributed by atoms with Gasteiger partial charge < -0.3 is 20.6 Å². The maximum absolute atomic E-state index is 9.87. The molecule has 0 fully saturated rings. The molecule has 0 saturated carbocycles. The number of aliphatic hydroxyl groups is 1. The van der Waals surface area contributed by atoms with Gasteiger partial charge in [0.25, 0.3) is 0 Å². The van der Waals surface area contributed by atoms with Crippen LogP contribution in [0, 0.1) is 0 Å². The Hall–Kier alpha value is -1.26. The molecule has 0 aliphatic carbocycles. The van der Waals surface area contributed by atoms with Crippen LogP contribution in [0.4, 0.5) is 0 Å². The van der Waals surface area contributed by atoms with Crippen molar-refractivity contribution in [1.29, 1.82) is 0 Å². The zero-order valence-electron chi connectivity index (χ0n) is 10.6. The van der Waals surface area contributed by atoms with E-state index in [0.717, 1.165) is 5.56 Å². The molecule has 4 N–H and O–H groups in total. The smallest absolute Gasteiger partial charge is 0.119 e. The number of aromatic hydroxyl groups is 2. The molecule has 0 saturated heterocycles. The van der Waals surface area contributed by atoms with Crippen molar-refractivity contribution in [2.75, 3.05) is 6.54 Å². The van der Waals surface area contributed by atoms with Crippen molar-refractivity contribution in [3.05, 3.63) is 23.8 Å². The van der Waals surface area contributed by atoms with E-state index in [9.17, 15) is 15.3 Å². The van der Waals surface area contributed by atoms with Gasteiger partial charge in [0.05, 0.1) is 5.60 Å². The fourth-order valence-corrected chi connectivity index (χ4v) is 1.48. The summed E-state index contributed by atoms with van der Waals surface area (Å²) in [7, 11) is 0. The summed E-state index contributed by atoms with van der Waals surface area (Å²) >= 11 is 0. The summed E-state index contributed by atoms with van der Waals surface area (Å²) in [5, 5.41) is 31.8. The van der Waals surface area contributed by atoms with Gasteiger partial charge in [-0.15, -0.1) is 0 Å². The normalized spacial score (nSPS) is 16.5. The molecule has 0 heterocycles. The standard InChI is InChI=1S/C13H21NO3/c1-4-13(3,17)8-14-9(2)10-5-11(15)7-12(16)6-10/h5-7,9,14-17H,4,8H2,1-3H3. The fourth-order valence-electron chi connectivity index (χ4n) is 1.48. The van der Waals surface area contributed by atoms with Crippen molar-refractivity contribution in [1.82, 2.24) is 5.32 Å². The monoisotopic (exact) mass is 239 g/mol. The Morgan fingerprint density at radius 2 is 1.76 bits per heavy atom. The van der Waals surface area contributed by atoms with Gasteiger partial charge in [0.1, 0.15) is 11.5 Å². The number of hydrogen-bond donors (Lipinski definition) is 4. The van der Waals surface area contributed by atoms with Crippen LogP contribution in [0.1, 0.15) is 38.8 Å². The van der Waals surface area contributed by atoms with Crippen LogP contribution in [0.15, 0.2) is 18.2 Å². The molecular formula is C13H21NO3. The van der Waals surface area contributed by atoms with Crippen LogP contribution in [-0.2, 0) is 0 Å². The number of rotatable bonds is 5. The molecule has 17 heavy (non-hydrogen) atoms. The van der Waals surface area contributed by atoms with Gasteiger partial charge in [-0.05, 0) is 38.0 Å². The molecule has 0 aliphatic rings. The zero-order chi connectivity index (χ0) is 13.1. The van der Waals surface area contributed by atoms with Crippen molar-refractivity contribution in [3.63, 3.8) is 0 Å². The van der Waals surface area contributed by atoms with Crippen molar-refractivity contribution in [2.24, 2.45) is 0 Å². The first kappa shape index (κ1) is 13.8. The summed E-state index contributed by atoms with van der Waals surface area (Å²) in [6.45, 7) is 6.07. The summed E-state index contributed by atoms with van der Waals surface area (Å²) in [6.07, 6.45) is 0.665. The van der Waals surface area contributed by atoms with Crippen molar-refractivity contribution < 1.29 is 15.3 Å². The first-order chi connectivity index (χ1) is 7.84. The Morgan fingerprint density at radius 3 is 2.24 bits per heavy atom. The SMILES string of the molecule is CCC(C)(O)CNC(C)c1cc(O)cc(O)c1. The van der Waals surface area contributed by atoms with Gasteiger partial charge in [-0.2, -0.15) is 0 Å². The van der Waals surface area contributed by atoms with Crippen LogP contribution in [0.5, 0.6) is 11.5 Å². The lowest BCUT2D eigenvalue weighted by Crippen LogP contribution is -2.38. The predicted octanol–water partition coefficient (Wildman–Crippen LogP) is 1.91. The van der Waals surface area contributed by atoms with E-state index in [-0.39, 0.29) is 17.5 Å². The highest BCUT2D eigenvalue weighted by Gasteiger charge is 2.18. The van der Waals surface area contributed by atoms with E-state index in [1.54, 1.807) is 19.1 Å². The second-order valence-corrected chi connectivity index (χ2v) is 4.74. The van der Waals surface area contributed by atoms with Crippen LogP contribution in [0.2, 0.25) is 0 Å². The van der Waals surface area contributed by atoms with Gasteiger partial charge in [0.2, 0.25) is 0 Å². The van der Waals surface area contributed by atoms with E-state index in [0.29, 0.717) is 13.0 Å². The molecule has 0 spiro atoms. The van der Waals surface area contributed by atoms with Crippen LogP contribution in [-0.4, -0.2) is 27.5 Å². The van der Waals surface area contributed by atoms with Crippen LogP contribution in [0.3, 0.4) is 0 Å². The van der Waals surface area contributed by atoms with Crippen LogP contribution in [0.25, 0.3) is 0 Å². The Bertz CT molecular complexity index is 357. The van der Waals surface area contributed by atoms with Gasteiger partial charge in [-0.1, -0.05) is 6.92 Å². The van der Waals surface area contributed by atoms with Crippen LogP contribution >= 0.6 is 0 Å². The zero-order valence-corrected chi connectivity index (χ0v) is 10.6. The first-order valence-corrected chi connectivity index (χ1v) is 5.83. The van der Waals surface area contributed by atoms with Crippen molar-refractivity contribution in [3.8, 4) is 11.5 Å². The van der Waals surface area contributed by atoms with Gasteiger partial charge in [0, 0.05) is 18.7 Å². The van der Waals surface area contributed by atoms with E-state index in [2.05, 4.69) is 5.32 Å². The lowest BCUT2D eigenvalue weighted by Gasteiger charge is -2.24. The summed E-state index contributed by atoms with van der Waals surface area (Å²) in [4.78, 5) is 0. The number of nitrogens with one attached hydrogen (secondary N) is 1. The molecule has 1 aromatic rings. The lowest BCUT2D eigenvalue weighted by molar-refractivity contribution is 0.0533. The first-order valence-electron chi connectivity index (χ1n) is 5.83. The van der Waals surface area contributed by atoms with Gasteiger partial charge in [0.15, 0.2) is 0 Å². The van der Waals surface area contributed by atoms with Crippen LogP contribution < -0.4 is 5.32 Å². The molecule has 2 unspecified atom stereocenters. The Kier molecular flexibility index (Phi) is 4.37. The summed E-state index contributed by atoms with van der Waals surface area (Å²) in [5.74, 6) is 0.0757. The second kappa shape index (κ2) is 5.38. The third kappa shape index (κ3) is 4.24. The van der Waals surface area contributed by atoms with E-state index in [1.807, 2.05) is 13.8 Å². The van der Waals surface area contributed by atoms with Gasteiger partial charge in [-0.3, -0.25) is 0 Å². The minimum atomic E-state index is -0.743. The molecule has 4 nitrogen and oxygen atoms in total. The van der Waals surface area contributed by atoms with E-state index in [1.165, 1.54) is 6.07 Å². The topological polar surface area (TPSA) is 72.7 Å². The summed E-state index contributed by atoms with van der Waals surface area (Å²) < 4.78 is 0. The molecule has 0 bridgehead atoms. The van der Waals surface area contributed by atoms with Crippen molar-refractivity contribution in [2.45, 2.75) is 38.8 Å². The molecule has 1 aromatic carbocycles. The highest BCUT2D eigenvalue weighted by atomic mass is 16.3. The molecule has 0 aliphatic heterocycles. The number of benzene rings is 1. The van der Waals surface area contributed by atoms with Gasteiger partial charge in [-0.25, -0.2) is 0 Å². The third-order valence-electron chi connectivity index (χ3n) is 2.98. The number of phenolic OH excluding ortho intramolecular Hbond substituents is 2. The minimum absolute atomic E-state index is 0.0379. The number of phenols is 2. The molecule has 0 amide bonds. The molecule has 96 valence electrons. The fraction of sp³-hybridized carbons (Fsp3) is 0.538. The molecule has 0 aromatic heterocycles. The molecule has 1 rings (SSSR count). The third-order valence-corrected chi connectivity index (χ3v) is 2.98. The van der Waals surface area contributed by atoms with E-state index < -0.39 is 5.60 Å². The maximum Gasteiger partial charge on any atom is 0.119 e. The Labute approximate surface area is 102 Å². The maximum atomic E-state index is 9.87. The second-order valence-electron chi connectivity index (χ2n) is 4.74. The quantitative estimate of drug-likeness (QED) is 0.633. The molecule has 2 atom stereocenters. The van der Waals surface area contributed by atoms with E-state index in [4.69, 9.17) is 0 Å². The van der Waals surface area contributed by atoms with E-state index >= 15 is 0 Å². The Balaban J connectivity index is 2.67. The summed E-state index contributed by atoms with van der Waals surface area (Å²) in [5.41, 5.74) is 0.0436. The Morgan fingerprint density at radius 1 is 1.24 bits per heavy atom. The predicted molar refractivity (Wildman–Crippen MR) is 67.1 cm³/mol. The highest BCUT2D eigenvalue weighted by Crippen LogP contribution is 2.25. The average molecular weight is 239 g/mol. The molecular weight excluding hydrogens is 218 g/mol. The molecule has 4 heteroatoms. The summed E-state index contributed by atoms with van der Waals surface area (Å²) in [6, 6.07) is 4.43. The minimum Gasteiger partial charge on any atom is -0.508 e. The lowest BCUT2D eigenvalue weighted by atomic mass is 10.0. The molecule has 0 radical (unpaired) electrons. The largest absolute Gasteiger partial charge is 0.508 e. The average Bonchev–Trinajstić information content (AvgIpc) is 2.24. The van der Waals surface area contributed by atoms with Crippen molar-refractivity contribution >= 4 is 0 Å². The number of hydrogen-bond acceptors (Lipinski definition) is 4. The van der Waals surface area contributed by atoms with Gasteiger partial charge >= 0.3 is 0 Å².